The van der Waals surface area contributed by atoms with Crippen LogP contribution in [0.2, 0.25) is 0 Å². The minimum atomic E-state index is -4.25. The molecule has 45 heavy (non-hydrogen) atoms. The van der Waals surface area contributed by atoms with Crippen LogP contribution in [0.3, 0.4) is 0 Å². The Kier molecular flexibility index (Phi) is 11.1. The molecule has 0 spiro atoms. The van der Waals surface area contributed by atoms with Crippen molar-refractivity contribution >= 4 is 27.5 Å². The maximum atomic E-state index is 14.4. The smallest absolute Gasteiger partial charge is 0.264 e. The van der Waals surface area contributed by atoms with E-state index in [4.69, 9.17) is 0 Å². The molecule has 1 atom stereocenters. The molecule has 7 nitrogen and oxygen atoms in total. The fraction of sp³-hybridized carbons (Fsp3) is 0.278. The van der Waals surface area contributed by atoms with Crippen molar-refractivity contribution in [2.24, 2.45) is 5.92 Å². The van der Waals surface area contributed by atoms with Crippen LogP contribution in [0.4, 0.5) is 10.1 Å². The van der Waals surface area contributed by atoms with Gasteiger partial charge in [-0.3, -0.25) is 13.9 Å². The molecule has 0 saturated heterocycles. The summed E-state index contributed by atoms with van der Waals surface area (Å²) in [6.07, 6.45) is 0.226. The lowest BCUT2D eigenvalue weighted by atomic mass is 10.0. The standard InChI is InChI=1S/C36H40FN3O4S/c1-26(2)23-38-36(42)34(22-29-8-6-5-7-9-29)39(24-30-14-10-27(3)11-15-30)35(41)25-40(32-18-16-31(37)17-19-32)45(43,44)33-20-12-28(4)13-21-33/h5-21,26,34H,22-25H2,1-4H3,(H,38,42)/t34-/m0/s1. The molecule has 0 aliphatic rings. The molecule has 0 saturated carbocycles. The number of sulfonamides is 1. The molecule has 0 aliphatic carbocycles. The maximum Gasteiger partial charge on any atom is 0.264 e. The second kappa shape index (κ2) is 15.0. The van der Waals surface area contributed by atoms with Gasteiger partial charge in [0.15, 0.2) is 0 Å². The summed E-state index contributed by atoms with van der Waals surface area (Å²) in [4.78, 5) is 29.7. The number of aryl methyl sites for hydroxylation is 2. The van der Waals surface area contributed by atoms with E-state index < -0.39 is 34.3 Å². The van der Waals surface area contributed by atoms with E-state index in [1.54, 1.807) is 12.1 Å². The molecule has 0 aliphatic heterocycles. The molecule has 4 aromatic carbocycles. The highest BCUT2D eigenvalue weighted by atomic mass is 32.2. The van der Waals surface area contributed by atoms with Crippen molar-refractivity contribution in [1.82, 2.24) is 10.2 Å². The largest absolute Gasteiger partial charge is 0.354 e. The molecular formula is C36H40FN3O4S. The summed E-state index contributed by atoms with van der Waals surface area (Å²) in [6.45, 7) is 7.67. The van der Waals surface area contributed by atoms with E-state index in [9.17, 15) is 22.4 Å². The van der Waals surface area contributed by atoms with Gasteiger partial charge in [0.2, 0.25) is 11.8 Å². The molecular weight excluding hydrogens is 589 g/mol. The molecule has 9 heteroatoms. The van der Waals surface area contributed by atoms with Gasteiger partial charge in [0, 0.05) is 19.5 Å². The number of nitrogens with zero attached hydrogens (tertiary/aromatic N) is 2. The molecule has 0 bridgehead atoms. The number of hydrogen-bond acceptors (Lipinski definition) is 4. The van der Waals surface area contributed by atoms with Crippen LogP contribution in [0.15, 0.2) is 108 Å². The van der Waals surface area contributed by atoms with Crippen LogP contribution in [0.25, 0.3) is 0 Å². The third-order valence-electron chi connectivity index (χ3n) is 7.43. The van der Waals surface area contributed by atoms with Crippen molar-refractivity contribution in [1.29, 1.82) is 0 Å². The summed E-state index contributed by atoms with van der Waals surface area (Å²) < 4.78 is 43.0. The molecule has 2 amide bonds. The van der Waals surface area contributed by atoms with Crippen molar-refractivity contribution in [2.45, 2.75) is 51.6 Å². The fourth-order valence-corrected chi connectivity index (χ4v) is 6.25. The molecule has 236 valence electrons. The first-order valence-electron chi connectivity index (χ1n) is 15.0. The average molecular weight is 630 g/mol. The highest BCUT2D eigenvalue weighted by molar-refractivity contribution is 7.92. The Hall–Kier alpha value is -4.50. The van der Waals surface area contributed by atoms with Gasteiger partial charge in [-0.1, -0.05) is 91.7 Å². The van der Waals surface area contributed by atoms with Gasteiger partial charge < -0.3 is 10.2 Å². The van der Waals surface area contributed by atoms with Gasteiger partial charge in [-0.25, -0.2) is 12.8 Å². The van der Waals surface area contributed by atoms with E-state index in [0.29, 0.717) is 6.54 Å². The Balaban J connectivity index is 1.79. The van der Waals surface area contributed by atoms with E-state index >= 15 is 0 Å². The minimum Gasteiger partial charge on any atom is -0.354 e. The monoisotopic (exact) mass is 629 g/mol. The van der Waals surface area contributed by atoms with Crippen LogP contribution in [-0.4, -0.2) is 44.3 Å². The Morgan fingerprint density at radius 1 is 0.778 bits per heavy atom. The number of rotatable bonds is 13. The van der Waals surface area contributed by atoms with Crippen LogP contribution < -0.4 is 9.62 Å². The predicted molar refractivity (Wildman–Crippen MR) is 176 cm³/mol. The second-order valence-corrected chi connectivity index (χ2v) is 13.5. The topological polar surface area (TPSA) is 86.8 Å². The normalized spacial score (nSPS) is 12.0. The first kappa shape index (κ1) is 33.4. The van der Waals surface area contributed by atoms with Crippen LogP contribution in [0.1, 0.15) is 36.1 Å². The summed E-state index contributed by atoms with van der Waals surface area (Å²) in [5.74, 6) is -1.26. The zero-order chi connectivity index (χ0) is 32.6. The second-order valence-electron chi connectivity index (χ2n) is 11.7. The third kappa shape index (κ3) is 9.01. The van der Waals surface area contributed by atoms with Gasteiger partial charge in [-0.15, -0.1) is 0 Å². The summed E-state index contributed by atoms with van der Waals surface area (Å²) >= 11 is 0. The van der Waals surface area contributed by atoms with Crippen molar-refractivity contribution < 1.29 is 22.4 Å². The fourth-order valence-electron chi connectivity index (χ4n) is 4.84. The SMILES string of the molecule is Cc1ccc(CN(C(=O)CN(c2ccc(F)cc2)S(=O)(=O)c2ccc(C)cc2)[C@@H](Cc2ccccc2)C(=O)NCC(C)C)cc1. The van der Waals surface area contributed by atoms with Crippen LogP contribution in [0, 0.1) is 25.6 Å². The number of halogens is 1. The number of anilines is 1. The summed E-state index contributed by atoms with van der Waals surface area (Å²) in [6, 6.07) is 27.4. The molecule has 4 aromatic rings. The predicted octanol–water partition coefficient (Wildman–Crippen LogP) is 6.05. The van der Waals surface area contributed by atoms with Gasteiger partial charge in [0.1, 0.15) is 18.4 Å². The van der Waals surface area contributed by atoms with Crippen LogP contribution in [-0.2, 0) is 32.6 Å². The Morgan fingerprint density at radius 3 is 1.93 bits per heavy atom. The van der Waals surface area contributed by atoms with E-state index in [1.807, 2.05) is 82.3 Å². The van der Waals surface area contributed by atoms with Gasteiger partial charge in [0.05, 0.1) is 10.6 Å². The Labute approximate surface area is 265 Å². The van der Waals surface area contributed by atoms with Crippen LogP contribution in [0.5, 0.6) is 0 Å². The van der Waals surface area contributed by atoms with E-state index in [1.165, 1.54) is 29.2 Å². The van der Waals surface area contributed by atoms with Crippen LogP contribution >= 0.6 is 0 Å². The Bertz CT molecular complexity index is 1680. The number of nitrogens with one attached hydrogen (secondary N) is 1. The van der Waals surface area contributed by atoms with Crippen molar-refractivity contribution in [2.75, 3.05) is 17.4 Å². The number of amides is 2. The Morgan fingerprint density at radius 2 is 1.36 bits per heavy atom. The van der Waals surface area contributed by atoms with Gasteiger partial charge in [-0.05, 0) is 67.3 Å². The lowest BCUT2D eigenvalue weighted by Gasteiger charge is -2.34. The van der Waals surface area contributed by atoms with Gasteiger partial charge >= 0.3 is 0 Å². The highest BCUT2D eigenvalue weighted by Crippen LogP contribution is 2.26. The highest BCUT2D eigenvalue weighted by Gasteiger charge is 2.34. The molecule has 1 N–H and O–H groups in total. The van der Waals surface area contributed by atoms with Gasteiger partial charge in [0.25, 0.3) is 10.0 Å². The zero-order valence-electron chi connectivity index (χ0n) is 26.1. The number of carbonyl (C=O) groups is 2. The number of carbonyl (C=O) groups excluding carboxylic acids is 2. The van der Waals surface area contributed by atoms with Crippen molar-refractivity contribution in [3.05, 3.63) is 131 Å². The minimum absolute atomic E-state index is 0.00850. The molecule has 0 unspecified atom stereocenters. The molecule has 0 heterocycles. The maximum absolute atomic E-state index is 14.4. The third-order valence-corrected chi connectivity index (χ3v) is 9.22. The lowest BCUT2D eigenvalue weighted by Crippen LogP contribution is -2.53. The zero-order valence-corrected chi connectivity index (χ0v) is 26.9. The lowest BCUT2D eigenvalue weighted by molar-refractivity contribution is -0.140. The quantitative estimate of drug-likeness (QED) is 0.195. The number of benzene rings is 4. The first-order chi connectivity index (χ1) is 21.4. The van der Waals surface area contributed by atoms with Crippen molar-refractivity contribution in [3.63, 3.8) is 0 Å². The van der Waals surface area contributed by atoms with E-state index in [0.717, 1.165) is 38.7 Å². The van der Waals surface area contributed by atoms with E-state index in [-0.39, 0.29) is 35.4 Å². The summed E-state index contributed by atoms with van der Waals surface area (Å²) in [5.41, 5.74) is 3.69. The molecule has 4 rings (SSSR count). The summed E-state index contributed by atoms with van der Waals surface area (Å²) in [7, 11) is -4.25. The van der Waals surface area contributed by atoms with Gasteiger partial charge in [-0.2, -0.15) is 0 Å². The molecule has 0 fully saturated rings. The summed E-state index contributed by atoms with van der Waals surface area (Å²) in [5, 5.41) is 2.98. The van der Waals surface area contributed by atoms with E-state index in [2.05, 4.69) is 5.32 Å². The van der Waals surface area contributed by atoms with Crippen molar-refractivity contribution in [3.8, 4) is 0 Å². The molecule has 0 aromatic heterocycles. The number of hydrogen-bond donors (Lipinski definition) is 1. The molecule has 0 radical (unpaired) electrons. The first-order valence-corrected chi connectivity index (χ1v) is 16.4. The average Bonchev–Trinajstić information content (AvgIpc) is 3.02.